The largest absolute Gasteiger partial charge is 0.435 e. The number of benzene rings is 2. The van der Waals surface area contributed by atoms with Crippen LogP contribution in [0.2, 0.25) is 0 Å². The van der Waals surface area contributed by atoms with Crippen LogP contribution in [-0.2, 0) is 10.0 Å². The minimum Gasteiger partial charge on any atom is -0.435 e. The highest BCUT2D eigenvalue weighted by molar-refractivity contribution is 7.89. The zero-order chi connectivity index (χ0) is 21.9. The van der Waals surface area contributed by atoms with Gasteiger partial charge in [0.05, 0.1) is 0 Å². The molecule has 30 heavy (non-hydrogen) atoms. The van der Waals surface area contributed by atoms with E-state index < -0.39 is 33.2 Å². The number of thiocarbonyl (C=S) groups is 1. The first kappa shape index (κ1) is 22.2. The Morgan fingerprint density at radius 1 is 1.00 bits per heavy atom. The SMILES string of the molecule is O=S(=O)(c1c(F)cccc1F)N1CCN(C(=S)Nc2ccc(OC(F)F)cc2)CC1. The van der Waals surface area contributed by atoms with Gasteiger partial charge in [-0.15, -0.1) is 0 Å². The van der Waals surface area contributed by atoms with E-state index in [1.165, 1.54) is 24.3 Å². The molecule has 0 unspecified atom stereocenters. The van der Waals surface area contributed by atoms with Crippen molar-refractivity contribution in [1.29, 1.82) is 0 Å². The van der Waals surface area contributed by atoms with Crippen LogP contribution in [0.3, 0.4) is 0 Å². The van der Waals surface area contributed by atoms with Crippen LogP contribution in [0.4, 0.5) is 23.2 Å². The summed E-state index contributed by atoms with van der Waals surface area (Å²) in [5.41, 5.74) is 0.532. The zero-order valence-electron chi connectivity index (χ0n) is 15.4. The summed E-state index contributed by atoms with van der Waals surface area (Å²) in [5.74, 6) is -2.29. The summed E-state index contributed by atoms with van der Waals surface area (Å²) < 4.78 is 82.7. The lowest BCUT2D eigenvalue weighted by Gasteiger charge is -2.35. The van der Waals surface area contributed by atoms with Crippen LogP contribution in [0.1, 0.15) is 0 Å². The number of halogens is 4. The Balaban J connectivity index is 1.60. The quantitative estimate of drug-likeness (QED) is 0.543. The van der Waals surface area contributed by atoms with Crippen molar-refractivity contribution in [3.8, 4) is 5.75 Å². The van der Waals surface area contributed by atoms with Crippen LogP contribution in [0.5, 0.6) is 5.75 Å². The summed E-state index contributed by atoms with van der Waals surface area (Å²) in [7, 11) is -4.33. The smallest absolute Gasteiger partial charge is 0.387 e. The molecule has 0 aliphatic carbocycles. The number of nitrogens with one attached hydrogen (secondary N) is 1. The predicted octanol–water partition coefficient (Wildman–Crippen LogP) is 3.27. The van der Waals surface area contributed by atoms with E-state index in [0.29, 0.717) is 10.8 Å². The fraction of sp³-hybridized carbons (Fsp3) is 0.278. The van der Waals surface area contributed by atoms with Crippen LogP contribution in [-0.4, -0.2) is 55.5 Å². The standard InChI is InChI=1S/C18H17F4N3O3S2/c19-14-2-1-3-15(20)16(14)30(26,27)25-10-8-24(9-11-25)18(29)23-12-4-6-13(7-5-12)28-17(21)22/h1-7,17H,8-11H2,(H,23,29). The van der Waals surface area contributed by atoms with Gasteiger partial charge in [0.1, 0.15) is 17.4 Å². The van der Waals surface area contributed by atoms with E-state index >= 15 is 0 Å². The molecule has 1 N–H and O–H groups in total. The molecule has 0 spiro atoms. The van der Waals surface area contributed by atoms with Crippen LogP contribution in [0.15, 0.2) is 47.4 Å². The number of alkyl halides is 2. The van der Waals surface area contributed by atoms with Gasteiger partial charge in [-0.05, 0) is 48.6 Å². The molecule has 2 aromatic rings. The van der Waals surface area contributed by atoms with E-state index in [4.69, 9.17) is 12.2 Å². The lowest BCUT2D eigenvalue weighted by atomic mass is 10.3. The fourth-order valence-corrected chi connectivity index (χ4v) is 4.74. The summed E-state index contributed by atoms with van der Waals surface area (Å²) in [4.78, 5) is 0.730. The second-order valence-electron chi connectivity index (χ2n) is 6.27. The third-order valence-corrected chi connectivity index (χ3v) is 6.68. The molecule has 1 saturated heterocycles. The maximum Gasteiger partial charge on any atom is 0.387 e. The van der Waals surface area contributed by atoms with Crippen LogP contribution < -0.4 is 10.1 Å². The van der Waals surface area contributed by atoms with E-state index in [0.717, 1.165) is 22.5 Å². The Morgan fingerprint density at radius 2 is 1.57 bits per heavy atom. The summed E-state index contributed by atoms with van der Waals surface area (Å²) in [6.07, 6.45) is 0. The molecule has 1 fully saturated rings. The normalized spacial score (nSPS) is 15.3. The second kappa shape index (κ2) is 9.14. The highest BCUT2D eigenvalue weighted by atomic mass is 32.2. The van der Waals surface area contributed by atoms with Gasteiger partial charge in [-0.1, -0.05) is 6.07 Å². The van der Waals surface area contributed by atoms with Crippen molar-refractivity contribution in [2.24, 2.45) is 0 Å². The van der Waals surface area contributed by atoms with Gasteiger partial charge in [0.15, 0.2) is 10.0 Å². The second-order valence-corrected chi connectivity index (χ2v) is 8.54. The molecular weight excluding hydrogens is 446 g/mol. The first-order valence-electron chi connectivity index (χ1n) is 8.73. The van der Waals surface area contributed by atoms with Crippen molar-refractivity contribution in [1.82, 2.24) is 9.21 Å². The predicted molar refractivity (Wildman–Crippen MR) is 106 cm³/mol. The third-order valence-electron chi connectivity index (χ3n) is 4.37. The number of hydrogen-bond acceptors (Lipinski definition) is 4. The first-order valence-corrected chi connectivity index (χ1v) is 10.6. The Labute approximate surface area is 176 Å². The van der Waals surface area contributed by atoms with Gasteiger partial charge in [0.25, 0.3) is 0 Å². The highest BCUT2D eigenvalue weighted by Gasteiger charge is 2.33. The van der Waals surface area contributed by atoms with Gasteiger partial charge >= 0.3 is 6.61 Å². The molecule has 0 radical (unpaired) electrons. The van der Waals surface area contributed by atoms with E-state index in [2.05, 4.69) is 10.1 Å². The van der Waals surface area contributed by atoms with Gasteiger partial charge < -0.3 is 15.0 Å². The van der Waals surface area contributed by atoms with Gasteiger partial charge in [0.2, 0.25) is 10.0 Å². The number of ether oxygens (including phenoxy) is 1. The maximum atomic E-state index is 13.9. The van der Waals surface area contributed by atoms with E-state index in [-0.39, 0.29) is 31.9 Å². The lowest BCUT2D eigenvalue weighted by Crippen LogP contribution is -2.51. The minimum atomic E-state index is -4.33. The number of piperazine rings is 1. The van der Waals surface area contributed by atoms with Gasteiger partial charge in [0, 0.05) is 31.9 Å². The molecule has 0 aromatic heterocycles. The number of hydrogen-bond donors (Lipinski definition) is 1. The van der Waals surface area contributed by atoms with Crippen molar-refractivity contribution in [2.45, 2.75) is 11.5 Å². The van der Waals surface area contributed by atoms with Crippen LogP contribution in [0, 0.1) is 11.6 Å². The third kappa shape index (κ3) is 4.99. The van der Waals surface area contributed by atoms with Crippen LogP contribution in [0.25, 0.3) is 0 Å². The van der Waals surface area contributed by atoms with Gasteiger partial charge in [-0.3, -0.25) is 0 Å². The number of nitrogens with zero attached hydrogens (tertiary/aromatic N) is 2. The molecule has 162 valence electrons. The average Bonchev–Trinajstić information content (AvgIpc) is 2.69. The van der Waals surface area contributed by atoms with Gasteiger partial charge in [-0.25, -0.2) is 17.2 Å². The average molecular weight is 463 g/mol. The molecule has 12 heteroatoms. The van der Waals surface area contributed by atoms with Crippen LogP contribution >= 0.6 is 12.2 Å². The molecule has 0 bridgehead atoms. The monoisotopic (exact) mass is 463 g/mol. The van der Waals surface area contributed by atoms with Crippen molar-refractivity contribution in [3.63, 3.8) is 0 Å². The summed E-state index contributed by atoms with van der Waals surface area (Å²) in [6.45, 7) is -2.55. The van der Waals surface area contributed by atoms with E-state index in [1.54, 1.807) is 4.90 Å². The molecule has 0 atom stereocenters. The van der Waals surface area contributed by atoms with Crippen molar-refractivity contribution in [3.05, 3.63) is 54.1 Å². The van der Waals surface area contributed by atoms with Crippen molar-refractivity contribution < 1.29 is 30.7 Å². The maximum absolute atomic E-state index is 13.9. The van der Waals surface area contributed by atoms with E-state index in [9.17, 15) is 26.0 Å². The molecular formula is C18H17F4N3O3S2. The summed E-state index contributed by atoms with van der Waals surface area (Å²) in [5, 5.41) is 3.22. The zero-order valence-corrected chi connectivity index (χ0v) is 17.0. The molecule has 6 nitrogen and oxygen atoms in total. The Morgan fingerprint density at radius 3 is 2.10 bits per heavy atom. The summed E-state index contributed by atoms with van der Waals surface area (Å²) >= 11 is 5.30. The topological polar surface area (TPSA) is 61.9 Å². The van der Waals surface area contributed by atoms with Gasteiger partial charge in [-0.2, -0.15) is 13.1 Å². The fourth-order valence-electron chi connectivity index (χ4n) is 2.91. The first-order chi connectivity index (χ1) is 14.2. The summed E-state index contributed by atoms with van der Waals surface area (Å²) in [6, 6.07) is 8.59. The van der Waals surface area contributed by atoms with Crippen molar-refractivity contribution in [2.75, 3.05) is 31.5 Å². The number of rotatable bonds is 5. The minimum absolute atomic E-state index is 0.000616. The Hall–Kier alpha value is -2.44. The Kier molecular flexibility index (Phi) is 6.78. The Bertz CT molecular complexity index is 992. The lowest BCUT2D eigenvalue weighted by molar-refractivity contribution is -0.0498. The molecule has 1 heterocycles. The highest BCUT2D eigenvalue weighted by Crippen LogP contribution is 2.24. The number of anilines is 1. The number of sulfonamides is 1. The molecule has 3 rings (SSSR count). The molecule has 2 aromatic carbocycles. The van der Waals surface area contributed by atoms with Crippen molar-refractivity contribution >= 4 is 33.0 Å². The molecule has 1 aliphatic rings. The molecule has 0 saturated carbocycles. The molecule has 1 aliphatic heterocycles. The van der Waals surface area contributed by atoms with E-state index in [1.807, 2.05) is 0 Å². The molecule has 0 amide bonds.